The fourth-order valence-electron chi connectivity index (χ4n) is 3.82. The number of nitrogens with one attached hydrogen (secondary N) is 1. The van der Waals surface area contributed by atoms with Crippen LogP contribution in [0.25, 0.3) is 0 Å². The van der Waals surface area contributed by atoms with E-state index in [4.69, 9.17) is 0 Å². The zero-order valence-corrected chi connectivity index (χ0v) is 16.7. The van der Waals surface area contributed by atoms with Crippen molar-refractivity contribution >= 4 is 23.5 Å². The van der Waals surface area contributed by atoms with Gasteiger partial charge in [-0.1, -0.05) is 18.2 Å². The molecule has 0 bridgehead atoms. The van der Waals surface area contributed by atoms with Crippen molar-refractivity contribution in [3.05, 3.63) is 42.6 Å². The monoisotopic (exact) mass is 423 g/mol. The predicted octanol–water partition coefficient (Wildman–Crippen LogP) is 4.24. The van der Waals surface area contributed by atoms with Crippen LogP contribution in [-0.2, 0) is 0 Å². The van der Waals surface area contributed by atoms with Crippen molar-refractivity contribution in [2.45, 2.75) is 37.5 Å². The van der Waals surface area contributed by atoms with E-state index in [0.29, 0.717) is 17.9 Å². The Morgan fingerprint density at radius 2 is 1.87 bits per heavy atom. The highest BCUT2D eigenvalue weighted by Gasteiger charge is 2.49. The molecule has 1 saturated carbocycles. The molecule has 10 heteroatoms. The van der Waals surface area contributed by atoms with E-state index < -0.39 is 30.3 Å². The molecule has 0 radical (unpaired) electrons. The summed E-state index contributed by atoms with van der Waals surface area (Å²) in [6, 6.07) is 8.17. The SMILES string of the molecule is CN(C)c1ccnc(NC2CC[C@@H](N(C(=O)O)c3ccccc3)C[C@H]2C(F)(F)F)n1. The Labute approximate surface area is 172 Å². The Balaban J connectivity index is 1.82. The first kappa shape index (κ1) is 21.7. The molecule has 0 saturated heterocycles. The largest absolute Gasteiger partial charge is 0.465 e. The molecule has 3 rings (SSSR count). The minimum atomic E-state index is -4.49. The van der Waals surface area contributed by atoms with Gasteiger partial charge in [-0.15, -0.1) is 0 Å². The molecule has 0 spiro atoms. The van der Waals surface area contributed by atoms with Gasteiger partial charge in [0.15, 0.2) is 0 Å². The van der Waals surface area contributed by atoms with Gasteiger partial charge in [-0.2, -0.15) is 18.2 Å². The maximum Gasteiger partial charge on any atom is 0.412 e. The summed E-state index contributed by atoms with van der Waals surface area (Å²) in [4.78, 5) is 22.9. The van der Waals surface area contributed by atoms with Gasteiger partial charge in [0.1, 0.15) is 5.82 Å². The van der Waals surface area contributed by atoms with Crippen LogP contribution in [-0.4, -0.2) is 53.5 Å². The Bertz CT molecular complexity index is 863. The molecule has 162 valence electrons. The lowest BCUT2D eigenvalue weighted by atomic mass is 9.80. The van der Waals surface area contributed by atoms with Gasteiger partial charge in [-0.05, 0) is 37.5 Å². The summed E-state index contributed by atoms with van der Waals surface area (Å²) >= 11 is 0. The number of nitrogens with zero attached hydrogens (tertiary/aromatic N) is 4. The summed E-state index contributed by atoms with van der Waals surface area (Å²) in [5.74, 6) is -1.03. The molecule has 1 aliphatic carbocycles. The van der Waals surface area contributed by atoms with Gasteiger partial charge < -0.3 is 15.3 Å². The number of para-hydroxylation sites is 1. The van der Waals surface area contributed by atoms with Crippen molar-refractivity contribution in [2.75, 3.05) is 29.2 Å². The highest BCUT2D eigenvalue weighted by Crippen LogP contribution is 2.41. The quantitative estimate of drug-likeness (QED) is 0.749. The molecule has 2 N–H and O–H groups in total. The molecular formula is C20H24F3N5O2. The summed E-state index contributed by atoms with van der Waals surface area (Å²) < 4.78 is 41.7. The second-order valence-corrected chi connectivity index (χ2v) is 7.49. The molecule has 0 aliphatic heterocycles. The van der Waals surface area contributed by atoms with Crippen LogP contribution in [0.1, 0.15) is 19.3 Å². The van der Waals surface area contributed by atoms with E-state index in [9.17, 15) is 23.1 Å². The number of carboxylic acid groups (broad SMARTS) is 1. The van der Waals surface area contributed by atoms with Gasteiger partial charge in [0.25, 0.3) is 0 Å². The van der Waals surface area contributed by atoms with Crippen LogP contribution in [0.3, 0.4) is 0 Å². The maximum atomic E-state index is 13.9. The van der Waals surface area contributed by atoms with E-state index in [0.717, 1.165) is 4.90 Å². The third kappa shape index (κ3) is 4.92. The average Bonchev–Trinajstić information content (AvgIpc) is 2.69. The van der Waals surface area contributed by atoms with E-state index in [-0.39, 0.29) is 18.8 Å². The molecular weight excluding hydrogens is 399 g/mol. The highest BCUT2D eigenvalue weighted by atomic mass is 19.4. The van der Waals surface area contributed by atoms with E-state index in [1.54, 1.807) is 55.4 Å². The van der Waals surface area contributed by atoms with Crippen molar-refractivity contribution in [1.82, 2.24) is 9.97 Å². The normalized spacial score (nSPS) is 21.7. The molecule has 1 fully saturated rings. The zero-order chi connectivity index (χ0) is 21.9. The first-order valence-corrected chi connectivity index (χ1v) is 9.57. The second kappa shape index (κ2) is 8.76. The van der Waals surface area contributed by atoms with E-state index >= 15 is 0 Å². The predicted molar refractivity (Wildman–Crippen MR) is 108 cm³/mol. The third-order valence-corrected chi connectivity index (χ3v) is 5.26. The van der Waals surface area contributed by atoms with Crippen molar-refractivity contribution < 1.29 is 23.1 Å². The van der Waals surface area contributed by atoms with Gasteiger partial charge in [0, 0.05) is 38.1 Å². The molecule has 1 heterocycles. The molecule has 30 heavy (non-hydrogen) atoms. The fraction of sp³-hybridized carbons (Fsp3) is 0.450. The van der Waals surface area contributed by atoms with Gasteiger partial charge in [-0.25, -0.2) is 9.78 Å². The lowest BCUT2D eigenvalue weighted by molar-refractivity contribution is -0.185. The van der Waals surface area contributed by atoms with Gasteiger partial charge in [-0.3, -0.25) is 4.90 Å². The summed E-state index contributed by atoms with van der Waals surface area (Å²) in [5, 5.41) is 12.5. The van der Waals surface area contributed by atoms with Crippen LogP contribution in [0.5, 0.6) is 0 Å². The molecule has 3 atom stereocenters. The van der Waals surface area contributed by atoms with Gasteiger partial charge in [0.2, 0.25) is 5.95 Å². The van der Waals surface area contributed by atoms with Crippen molar-refractivity contribution in [1.29, 1.82) is 0 Å². The Hall–Kier alpha value is -3.04. The van der Waals surface area contributed by atoms with Crippen LogP contribution in [0, 0.1) is 5.92 Å². The van der Waals surface area contributed by atoms with Crippen molar-refractivity contribution in [3.63, 3.8) is 0 Å². The van der Waals surface area contributed by atoms with E-state index in [1.807, 2.05) is 0 Å². The first-order chi connectivity index (χ1) is 14.2. The van der Waals surface area contributed by atoms with E-state index in [1.165, 1.54) is 6.20 Å². The number of carbonyl (C=O) groups is 1. The standard InChI is InChI=1S/C20H24F3N5O2/c1-27(2)17-10-11-24-18(26-17)25-16-9-8-14(12-15(16)20(21,22)23)28(19(29)30)13-6-4-3-5-7-13/h3-7,10-11,14-16H,8-9,12H2,1-2H3,(H,29,30)(H,24,25,26)/t14-,15-,16?/m1/s1. The number of alkyl halides is 3. The van der Waals surface area contributed by atoms with Crippen LogP contribution in [0.4, 0.5) is 35.4 Å². The lowest BCUT2D eigenvalue weighted by Gasteiger charge is -2.41. The molecule has 2 aromatic rings. The number of halogens is 3. The van der Waals surface area contributed by atoms with Crippen molar-refractivity contribution in [2.24, 2.45) is 5.92 Å². The fourth-order valence-corrected chi connectivity index (χ4v) is 3.82. The number of amides is 1. The molecule has 1 aliphatic rings. The number of anilines is 3. The summed E-state index contributed by atoms with van der Waals surface area (Å²) in [6.45, 7) is 0. The van der Waals surface area contributed by atoms with Gasteiger partial charge in [0.05, 0.1) is 5.92 Å². The Kier molecular flexibility index (Phi) is 6.33. The topological polar surface area (TPSA) is 81.6 Å². The van der Waals surface area contributed by atoms with Crippen LogP contribution in [0.15, 0.2) is 42.6 Å². The van der Waals surface area contributed by atoms with E-state index in [2.05, 4.69) is 15.3 Å². The second-order valence-electron chi connectivity index (χ2n) is 7.49. The number of hydrogen-bond acceptors (Lipinski definition) is 5. The van der Waals surface area contributed by atoms with Gasteiger partial charge >= 0.3 is 12.3 Å². The average molecular weight is 423 g/mol. The van der Waals surface area contributed by atoms with Crippen molar-refractivity contribution in [3.8, 4) is 0 Å². The number of rotatable bonds is 5. The molecule has 7 nitrogen and oxygen atoms in total. The molecule has 1 unspecified atom stereocenters. The highest BCUT2D eigenvalue weighted by molar-refractivity contribution is 5.86. The lowest BCUT2D eigenvalue weighted by Crippen LogP contribution is -2.51. The zero-order valence-electron chi connectivity index (χ0n) is 16.7. The number of hydrogen-bond donors (Lipinski definition) is 2. The first-order valence-electron chi connectivity index (χ1n) is 9.57. The van der Waals surface area contributed by atoms with Crippen LogP contribution >= 0.6 is 0 Å². The Morgan fingerprint density at radius 3 is 2.47 bits per heavy atom. The third-order valence-electron chi connectivity index (χ3n) is 5.26. The minimum Gasteiger partial charge on any atom is -0.465 e. The summed E-state index contributed by atoms with van der Waals surface area (Å²) in [6.07, 6.45) is -4.17. The number of benzene rings is 1. The number of aromatic nitrogens is 2. The molecule has 1 aromatic carbocycles. The summed E-state index contributed by atoms with van der Waals surface area (Å²) in [5.41, 5.74) is 0.365. The smallest absolute Gasteiger partial charge is 0.412 e. The molecule has 1 amide bonds. The molecule has 1 aromatic heterocycles. The summed E-state index contributed by atoms with van der Waals surface area (Å²) in [7, 11) is 3.56. The Morgan fingerprint density at radius 1 is 1.17 bits per heavy atom. The van der Waals surface area contributed by atoms with Crippen LogP contribution < -0.4 is 15.1 Å². The minimum absolute atomic E-state index is 0.122. The maximum absolute atomic E-state index is 13.9. The van der Waals surface area contributed by atoms with Crippen LogP contribution in [0.2, 0.25) is 0 Å².